The van der Waals surface area contributed by atoms with E-state index in [1.165, 1.54) is 11.8 Å². The molecule has 2 aromatic rings. The van der Waals surface area contributed by atoms with Gasteiger partial charge < -0.3 is 14.6 Å². The smallest absolute Gasteiger partial charge is 0.264 e. The molecule has 1 aromatic heterocycles. The molecule has 0 unspecified atom stereocenters. The second kappa shape index (κ2) is 7.19. The third kappa shape index (κ3) is 3.79. The fourth-order valence-corrected chi connectivity index (χ4v) is 3.39. The largest absolute Gasteiger partial charge is 0.494 e. The van der Waals surface area contributed by atoms with Gasteiger partial charge >= 0.3 is 0 Å². The van der Waals surface area contributed by atoms with E-state index >= 15 is 0 Å². The van der Waals surface area contributed by atoms with Crippen LogP contribution in [0.15, 0.2) is 40.2 Å². The van der Waals surface area contributed by atoms with Crippen molar-refractivity contribution in [1.82, 2.24) is 9.88 Å². The zero-order valence-corrected chi connectivity index (χ0v) is 15.6. The lowest BCUT2D eigenvalue weighted by Crippen LogP contribution is -2.19. The molecule has 0 spiro atoms. The number of aromatic nitrogens is 1. The summed E-state index contributed by atoms with van der Waals surface area (Å²) in [6, 6.07) is 9.57. The number of ether oxygens (including phenoxy) is 1. The summed E-state index contributed by atoms with van der Waals surface area (Å²) in [7, 11) is 2.02. The number of aliphatic imine (C=N–C) groups is 1. The summed E-state index contributed by atoms with van der Waals surface area (Å²) in [5.74, 6) is 0.695. The summed E-state index contributed by atoms with van der Waals surface area (Å²) in [6.07, 6.45) is 1.92. The lowest BCUT2D eigenvalue weighted by molar-refractivity contribution is -0.115. The summed E-state index contributed by atoms with van der Waals surface area (Å²) in [4.78, 5) is 17.4. The second-order valence-corrected chi connectivity index (χ2v) is 6.82. The molecule has 25 heavy (non-hydrogen) atoms. The van der Waals surface area contributed by atoms with Crippen LogP contribution in [-0.4, -0.2) is 22.2 Å². The van der Waals surface area contributed by atoms with Gasteiger partial charge in [0.25, 0.3) is 5.91 Å². The van der Waals surface area contributed by atoms with Crippen LogP contribution in [0.2, 0.25) is 0 Å². The van der Waals surface area contributed by atoms with Gasteiger partial charge in [-0.1, -0.05) is 0 Å². The average molecular weight is 355 g/mol. The number of nitrogens with zero attached hydrogens (tertiary/aromatic N) is 2. The van der Waals surface area contributed by atoms with Crippen LogP contribution < -0.4 is 10.1 Å². The quantitative estimate of drug-likeness (QED) is 0.846. The van der Waals surface area contributed by atoms with E-state index in [9.17, 15) is 4.79 Å². The van der Waals surface area contributed by atoms with Gasteiger partial charge in [0.1, 0.15) is 5.75 Å². The molecule has 2 heterocycles. The number of carbonyl (C=O) groups is 1. The summed E-state index contributed by atoms with van der Waals surface area (Å²) in [5, 5.41) is 3.41. The number of amides is 1. The molecule has 0 atom stereocenters. The number of rotatable bonds is 4. The SMILES string of the molecule is CCOc1ccc(N=C2NC(=O)/C(=C/c3cc(C)n(C)c3C)S2)cc1. The molecule has 0 aliphatic carbocycles. The van der Waals surface area contributed by atoms with Crippen molar-refractivity contribution >= 4 is 34.6 Å². The first kappa shape index (κ1) is 17.4. The van der Waals surface area contributed by atoms with E-state index < -0.39 is 0 Å². The van der Waals surface area contributed by atoms with E-state index in [1.54, 1.807) is 0 Å². The van der Waals surface area contributed by atoms with Crippen LogP contribution in [0.3, 0.4) is 0 Å². The fraction of sp³-hybridized carbons (Fsp3) is 0.263. The van der Waals surface area contributed by atoms with Gasteiger partial charge in [0.05, 0.1) is 17.2 Å². The lowest BCUT2D eigenvalue weighted by Gasteiger charge is -2.02. The Hall–Kier alpha value is -2.47. The van der Waals surface area contributed by atoms with E-state index in [-0.39, 0.29) is 5.91 Å². The third-order valence-electron chi connectivity index (χ3n) is 4.13. The van der Waals surface area contributed by atoms with Gasteiger partial charge in [0.15, 0.2) is 5.17 Å². The summed E-state index contributed by atoms with van der Waals surface area (Å²) < 4.78 is 7.53. The number of hydrogen-bond donors (Lipinski definition) is 1. The summed E-state index contributed by atoms with van der Waals surface area (Å²) in [6.45, 7) is 6.68. The molecule has 1 aliphatic rings. The summed E-state index contributed by atoms with van der Waals surface area (Å²) >= 11 is 1.36. The Morgan fingerprint density at radius 1 is 1.28 bits per heavy atom. The Balaban J connectivity index is 1.79. The van der Waals surface area contributed by atoms with Crippen LogP contribution in [0.4, 0.5) is 5.69 Å². The van der Waals surface area contributed by atoms with Gasteiger partial charge in [0.2, 0.25) is 0 Å². The molecule has 1 N–H and O–H groups in total. The number of benzene rings is 1. The van der Waals surface area contributed by atoms with Crippen LogP contribution in [0, 0.1) is 13.8 Å². The fourth-order valence-electron chi connectivity index (χ4n) is 2.55. The van der Waals surface area contributed by atoms with E-state index in [4.69, 9.17) is 4.74 Å². The zero-order valence-electron chi connectivity index (χ0n) is 14.8. The molecule has 1 amide bonds. The highest BCUT2D eigenvalue weighted by atomic mass is 32.2. The first-order valence-corrected chi connectivity index (χ1v) is 8.95. The van der Waals surface area contributed by atoms with Crippen molar-refractivity contribution in [1.29, 1.82) is 0 Å². The van der Waals surface area contributed by atoms with Crippen molar-refractivity contribution in [2.75, 3.05) is 6.61 Å². The highest BCUT2D eigenvalue weighted by molar-refractivity contribution is 8.18. The minimum atomic E-state index is -0.115. The predicted octanol–water partition coefficient (Wildman–Crippen LogP) is 3.93. The molecule has 0 bridgehead atoms. The molecular weight excluding hydrogens is 334 g/mol. The zero-order chi connectivity index (χ0) is 18.0. The number of amidine groups is 1. The Morgan fingerprint density at radius 2 is 2.00 bits per heavy atom. The second-order valence-electron chi connectivity index (χ2n) is 5.79. The predicted molar refractivity (Wildman–Crippen MR) is 103 cm³/mol. The maximum Gasteiger partial charge on any atom is 0.264 e. The molecule has 5 nitrogen and oxygen atoms in total. The number of aryl methyl sites for hydroxylation is 1. The third-order valence-corrected chi connectivity index (χ3v) is 5.04. The van der Waals surface area contributed by atoms with Crippen molar-refractivity contribution in [3.63, 3.8) is 0 Å². The standard InChI is InChI=1S/C19H21N3O2S/c1-5-24-16-8-6-15(7-9-16)20-19-21-18(23)17(25-19)11-14-10-12(2)22(4)13(14)3/h6-11H,5H2,1-4H3,(H,20,21,23)/b17-11-. The van der Waals surface area contributed by atoms with Crippen molar-refractivity contribution in [3.05, 3.63) is 52.2 Å². The number of thioether (sulfide) groups is 1. The molecular formula is C19H21N3O2S. The summed E-state index contributed by atoms with van der Waals surface area (Å²) in [5.41, 5.74) is 4.13. The van der Waals surface area contributed by atoms with E-state index in [2.05, 4.69) is 27.9 Å². The molecule has 1 fully saturated rings. The van der Waals surface area contributed by atoms with Crippen LogP contribution >= 0.6 is 11.8 Å². The van der Waals surface area contributed by atoms with E-state index in [0.29, 0.717) is 16.7 Å². The van der Waals surface area contributed by atoms with Crippen LogP contribution in [0.1, 0.15) is 23.9 Å². The number of nitrogens with one attached hydrogen (secondary N) is 1. The number of hydrogen-bond acceptors (Lipinski definition) is 4. The van der Waals surface area contributed by atoms with Gasteiger partial charge in [0, 0.05) is 18.4 Å². The molecule has 0 saturated carbocycles. The van der Waals surface area contributed by atoms with Crippen LogP contribution in [0.25, 0.3) is 6.08 Å². The van der Waals surface area contributed by atoms with E-state index in [1.807, 2.05) is 51.2 Å². The molecule has 1 aromatic carbocycles. The van der Waals surface area contributed by atoms with Crippen molar-refractivity contribution < 1.29 is 9.53 Å². The highest BCUT2D eigenvalue weighted by Crippen LogP contribution is 2.29. The first-order chi connectivity index (χ1) is 12.0. The Bertz CT molecular complexity index is 864. The topological polar surface area (TPSA) is 55.6 Å². The average Bonchev–Trinajstić information content (AvgIpc) is 3.04. The van der Waals surface area contributed by atoms with Crippen molar-refractivity contribution in [2.24, 2.45) is 12.0 Å². The lowest BCUT2D eigenvalue weighted by atomic mass is 10.2. The Labute approximate surface area is 151 Å². The van der Waals surface area contributed by atoms with Gasteiger partial charge in [-0.3, -0.25) is 4.79 Å². The van der Waals surface area contributed by atoms with E-state index in [0.717, 1.165) is 28.4 Å². The molecule has 0 radical (unpaired) electrons. The molecule has 130 valence electrons. The van der Waals surface area contributed by atoms with Crippen LogP contribution in [0.5, 0.6) is 5.75 Å². The monoisotopic (exact) mass is 355 g/mol. The Morgan fingerprint density at radius 3 is 2.60 bits per heavy atom. The van der Waals surface area contributed by atoms with Crippen LogP contribution in [-0.2, 0) is 11.8 Å². The molecule has 6 heteroatoms. The molecule has 1 aliphatic heterocycles. The van der Waals surface area contributed by atoms with Crippen molar-refractivity contribution in [3.8, 4) is 5.75 Å². The Kier molecular flexibility index (Phi) is 4.99. The van der Waals surface area contributed by atoms with Gasteiger partial charge in [-0.05, 0) is 74.5 Å². The van der Waals surface area contributed by atoms with Gasteiger partial charge in [-0.2, -0.15) is 0 Å². The van der Waals surface area contributed by atoms with Gasteiger partial charge in [-0.15, -0.1) is 0 Å². The normalized spacial score (nSPS) is 17.4. The van der Waals surface area contributed by atoms with Gasteiger partial charge in [-0.25, -0.2) is 4.99 Å². The highest BCUT2D eigenvalue weighted by Gasteiger charge is 2.24. The first-order valence-electron chi connectivity index (χ1n) is 8.13. The minimum absolute atomic E-state index is 0.115. The maximum absolute atomic E-state index is 12.2. The molecule has 1 saturated heterocycles. The number of carbonyl (C=O) groups excluding carboxylic acids is 1. The minimum Gasteiger partial charge on any atom is -0.494 e. The maximum atomic E-state index is 12.2. The van der Waals surface area contributed by atoms with Crippen molar-refractivity contribution in [2.45, 2.75) is 20.8 Å². The molecule has 3 rings (SSSR count).